The molecule has 1 amide bonds. The number of rotatable bonds is 3. The first-order chi connectivity index (χ1) is 10.7. The van der Waals surface area contributed by atoms with Crippen LogP contribution in [0.5, 0.6) is 0 Å². The molecule has 0 bridgehead atoms. The number of furan rings is 1. The van der Waals surface area contributed by atoms with E-state index in [1.54, 1.807) is 6.07 Å². The number of carbonyl (C=O) groups is 1. The zero-order valence-corrected chi connectivity index (χ0v) is 12.7. The van der Waals surface area contributed by atoms with Gasteiger partial charge in [-0.25, -0.2) is 4.68 Å². The topological polar surface area (TPSA) is 83.9 Å². The van der Waals surface area contributed by atoms with Gasteiger partial charge in [0.15, 0.2) is 16.2 Å². The average molecular weight is 357 g/mol. The van der Waals surface area contributed by atoms with E-state index in [1.165, 1.54) is 16.9 Å². The third-order valence-corrected chi connectivity index (χ3v) is 3.35. The lowest BCUT2D eigenvalue weighted by molar-refractivity contribution is 0.0994. The van der Waals surface area contributed by atoms with Crippen molar-refractivity contribution in [3.63, 3.8) is 0 Å². The normalized spacial score (nSPS) is 10.2. The Kier molecular flexibility index (Phi) is 3.76. The number of hydrogen-bond acceptors (Lipinski definition) is 4. The number of hydrogen-bond donors (Lipinski definition) is 1. The Morgan fingerprint density at radius 3 is 2.68 bits per heavy atom. The van der Waals surface area contributed by atoms with Gasteiger partial charge in [-0.2, -0.15) is 10.4 Å². The summed E-state index contributed by atoms with van der Waals surface area (Å²) in [5, 5.41) is 16.0. The van der Waals surface area contributed by atoms with Gasteiger partial charge in [0.2, 0.25) is 0 Å². The third-order valence-electron chi connectivity index (χ3n) is 2.92. The highest BCUT2D eigenvalue weighted by atomic mass is 79.9. The van der Waals surface area contributed by atoms with Crippen molar-refractivity contribution < 1.29 is 9.21 Å². The summed E-state index contributed by atoms with van der Waals surface area (Å²) < 4.78 is 7.15. The van der Waals surface area contributed by atoms with Crippen molar-refractivity contribution in [2.75, 3.05) is 5.32 Å². The van der Waals surface area contributed by atoms with Crippen LogP contribution in [-0.2, 0) is 0 Å². The second kappa shape index (κ2) is 5.87. The van der Waals surface area contributed by atoms with Gasteiger partial charge in [-0.05, 0) is 40.2 Å². The van der Waals surface area contributed by atoms with E-state index in [9.17, 15) is 10.1 Å². The van der Waals surface area contributed by atoms with Gasteiger partial charge < -0.3 is 9.73 Å². The number of anilines is 1. The molecule has 3 rings (SSSR count). The van der Waals surface area contributed by atoms with E-state index in [-0.39, 0.29) is 11.3 Å². The quantitative estimate of drug-likeness (QED) is 0.779. The monoisotopic (exact) mass is 356 g/mol. The van der Waals surface area contributed by atoms with Crippen LogP contribution < -0.4 is 5.32 Å². The van der Waals surface area contributed by atoms with Gasteiger partial charge in [0.1, 0.15) is 11.6 Å². The number of halogens is 1. The summed E-state index contributed by atoms with van der Waals surface area (Å²) in [5.41, 5.74) is 1.00. The number of amides is 1. The van der Waals surface area contributed by atoms with E-state index in [0.29, 0.717) is 10.5 Å². The maximum Gasteiger partial charge on any atom is 0.292 e. The molecule has 0 unspecified atom stereocenters. The fourth-order valence-corrected chi connectivity index (χ4v) is 2.23. The Hall–Kier alpha value is -2.85. The fourth-order valence-electron chi connectivity index (χ4n) is 1.92. The highest BCUT2D eigenvalue weighted by molar-refractivity contribution is 9.10. The number of para-hydroxylation sites is 1. The minimum atomic E-state index is -0.458. The lowest BCUT2D eigenvalue weighted by Gasteiger charge is -2.08. The van der Waals surface area contributed by atoms with Crippen LogP contribution in [0.4, 0.5) is 5.82 Å². The fraction of sp³-hybridized carbons (Fsp3) is 0. The van der Waals surface area contributed by atoms with Crippen molar-refractivity contribution in [2.45, 2.75) is 0 Å². The smallest absolute Gasteiger partial charge is 0.292 e. The van der Waals surface area contributed by atoms with Crippen LogP contribution in [0.25, 0.3) is 5.69 Å². The number of nitriles is 1. The Morgan fingerprint density at radius 1 is 1.27 bits per heavy atom. The summed E-state index contributed by atoms with van der Waals surface area (Å²) in [7, 11) is 0. The van der Waals surface area contributed by atoms with Gasteiger partial charge in [-0.15, -0.1) is 0 Å². The average Bonchev–Trinajstić information content (AvgIpc) is 3.14. The number of nitrogens with one attached hydrogen (secondary N) is 1. The minimum Gasteiger partial charge on any atom is -0.444 e. The molecule has 2 aromatic heterocycles. The third kappa shape index (κ3) is 2.64. The van der Waals surface area contributed by atoms with Crippen LogP contribution in [-0.4, -0.2) is 15.7 Å². The van der Waals surface area contributed by atoms with Crippen LogP contribution in [0.15, 0.2) is 57.7 Å². The second-order valence-electron chi connectivity index (χ2n) is 4.32. The van der Waals surface area contributed by atoms with E-state index in [0.717, 1.165) is 5.69 Å². The standard InChI is InChI=1S/C15H9BrN4O2/c16-13-7-6-12(22-13)15(21)19-14-10(8-17)9-18-20(14)11-4-2-1-3-5-11/h1-7,9H,(H,19,21). The molecule has 7 heteroatoms. The maximum absolute atomic E-state index is 12.2. The van der Waals surface area contributed by atoms with Crippen molar-refractivity contribution in [1.29, 1.82) is 5.26 Å². The molecule has 0 saturated carbocycles. The van der Waals surface area contributed by atoms with E-state index in [4.69, 9.17) is 4.42 Å². The lowest BCUT2D eigenvalue weighted by atomic mass is 10.3. The van der Waals surface area contributed by atoms with Crippen molar-refractivity contribution in [3.05, 3.63) is 64.7 Å². The molecule has 0 radical (unpaired) electrons. The summed E-state index contributed by atoms with van der Waals surface area (Å²) in [6.07, 6.45) is 1.40. The van der Waals surface area contributed by atoms with Crippen molar-refractivity contribution in [1.82, 2.24) is 9.78 Å². The molecule has 22 heavy (non-hydrogen) atoms. The second-order valence-corrected chi connectivity index (χ2v) is 5.11. The summed E-state index contributed by atoms with van der Waals surface area (Å²) in [6, 6.07) is 14.4. The first-order valence-electron chi connectivity index (χ1n) is 6.29. The highest BCUT2D eigenvalue weighted by Gasteiger charge is 2.18. The molecule has 108 valence electrons. The van der Waals surface area contributed by atoms with E-state index in [2.05, 4.69) is 26.3 Å². The van der Waals surface area contributed by atoms with Crippen molar-refractivity contribution in [3.8, 4) is 11.8 Å². The van der Waals surface area contributed by atoms with Crippen molar-refractivity contribution >= 4 is 27.7 Å². The summed E-state index contributed by atoms with van der Waals surface area (Å²) >= 11 is 3.14. The molecule has 1 N–H and O–H groups in total. The maximum atomic E-state index is 12.2. The summed E-state index contributed by atoms with van der Waals surface area (Å²) in [5.74, 6) is -0.0253. The molecule has 0 aliphatic heterocycles. The highest BCUT2D eigenvalue weighted by Crippen LogP contribution is 2.21. The molecule has 1 aromatic carbocycles. The SMILES string of the molecule is N#Cc1cnn(-c2ccccc2)c1NC(=O)c1ccc(Br)o1. The largest absolute Gasteiger partial charge is 0.444 e. The van der Waals surface area contributed by atoms with Crippen LogP contribution in [0.3, 0.4) is 0 Å². The first kappa shape index (κ1) is 14.1. The van der Waals surface area contributed by atoms with E-state index >= 15 is 0 Å². The van der Waals surface area contributed by atoms with Crippen LogP contribution >= 0.6 is 15.9 Å². The Bertz CT molecular complexity index is 861. The van der Waals surface area contributed by atoms with Crippen LogP contribution in [0.1, 0.15) is 16.1 Å². The molecule has 0 aliphatic carbocycles. The molecular weight excluding hydrogens is 348 g/mol. The van der Waals surface area contributed by atoms with Crippen molar-refractivity contribution in [2.24, 2.45) is 0 Å². The molecule has 6 nitrogen and oxygen atoms in total. The van der Waals surface area contributed by atoms with Gasteiger partial charge in [-0.1, -0.05) is 18.2 Å². The lowest BCUT2D eigenvalue weighted by Crippen LogP contribution is -2.15. The predicted octanol–water partition coefficient (Wildman–Crippen LogP) is 3.35. The van der Waals surface area contributed by atoms with Gasteiger partial charge >= 0.3 is 0 Å². The van der Waals surface area contributed by atoms with E-state index < -0.39 is 5.91 Å². The van der Waals surface area contributed by atoms with Gasteiger partial charge in [-0.3, -0.25) is 4.79 Å². The van der Waals surface area contributed by atoms with Gasteiger partial charge in [0, 0.05) is 0 Å². The number of benzene rings is 1. The number of aromatic nitrogens is 2. The molecule has 3 aromatic rings. The molecule has 0 saturated heterocycles. The Morgan fingerprint density at radius 2 is 2.05 bits per heavy atom. The Balaban J connectivity index is 1.98. The molecule has 0 fully saturated rings. The Labute approximate surface area is 134 Å². The van der Waals surface area contributed by atoms with Gasteiger partial charge in [0.25, 0.3) is 5.91 Å². The summed E-state index contributed by atoms with van der Waals surface area (Å²) in [6.45, 7) is 0. The molecule has 0 aliphatic rings. The first-order valence-corrected chi connectivity index (χ1v) is 7.08. The number of carbonyl (C=O) groups excluding carboxylic acids is 1. The number of nitrogens with zero attached hydrogens (tertiary/aromatic N) is 3. The predicted molar refractivity (Wildman–Crippen MR) is 82.6 cm³/mol. The zero-order chi connectivity index (χ0) is 15.5. The minimum absolute atomic E-state index is 0.136. The molecular formula is C15H9BrN4O2. The van der Waals surface area contributed by atoms with Crippen LogP contribution in [0, 0.1) is 11.3 Å². The zero-order valence-electron chi connectivity index (χ0n) is 11.2. The molecule has 2 heterocycles. The molecule has 0 atom stereocenters. The van der Waals surface area contributed by atoms with Gasteiger partial charge in [0.05, 0.1) is 11.9 Å². The summed E-state index contributed by atoms with van der Waals surface area (Å²) in [4.78, 5) is 12.2. The van der Waals surface area contributed by atoms with E-state index in [1.807, 2.05) is 36.4 Å². The molecule has 0 spiro atoms. The van der Waals surface area contributed by atoms with Crippen LogP contribution in [0.2, 0.25) is 0 Å².